The Morgan fingerprint density at radius 1 is 1.39 bits per heavy atom. The summed E-state index contributed by atoms with van der Waals surface area (Å²) in [6.07, 6.45) is 0. The normalized spacial score (nSPS) is 19.5. The molecule has 6 nitrogen and oxygen atoms in total. The Balaban J connectivity index is 2.10. The number of ether oxygens (including phenoxy) is 1. The predicted octanol–water partition coefficient (Wildman–Crippen LogP) is 3.14. The second kappa shape index (κ2) is 5.32. The Morgan fingerprint density at radius 3 is 2.78 bits per heavy atom. The molecule has 1 aliphatic heterocycles. The van der Waals surface area contributed by atoms with Crippen molar-refractivity contribution in [3.8, 4) is 16.5 Å². The van der Waals surface area contributed by atoms with Crippen molar-refractivity contribution in [1.82, 2.24) is 0 Å². The third-order valence-corrected chi connectivity index (χ3v) is 5.38. The number of nitriles is 1. The van der Waals surface area contributed by atoms with Gasteiger partial charge in [-0.05, 0) is 43.0 Å². The SMILES string of the molecule is CC1(C)OC(S(=O)(=O)O)Nc2ccc(-c3sccc3C#N)cc21. The van der Waals surface area contributed by atoms with Gasteiger partial charge in [0.25, 0.3) is 5.56 Å². The van der Waals surface area contributed by atoms with Gasteiger partial charge in [-0.1, -0.05) is 6.07 Å². The van der Waals surface area contributed by atoms with Crippen molar-refractivity contribution < 1.29 is 17.7 Å². The molecule has 0 amide bonds. The fraction of sp³-hybridized carbons (Fsp3) is 0.267. The summed E-state index contributed by atoms with van der Waals surface area (Å²) in [5.74, 6) is 0. The van der Waals surface area contributed by atoms with Crippen molar-refractivity contribution in [2.24, 2.45) is 0 Å². The van der Waals surface area contributed by atoms with E-state index in [1.807, 2.05) is 11.4 Å². The highest BCUT2D eigenvalue weighted by Gasteiger charge is 2.39. The predicted molar refractivity (Wildman–Crippen MR) is 87.5 cm³/mol. The average Bonchev–Trinajstić information content (AvgIpc) is 2.93. The topological polar surface area (TPSA) is 99.4 Å². The van der Waals surface area contributed by atoms with Crippen LogP contribution < -0.4 is 5.32 Å². The molecule has 2 heterocycles. The van der Waals surface area contributed by atoms with Crippen LogP contribution in [0.15, 0.2) is 29.6 Å². The maximum atomic E-state index is 11.4. The van der Waals surface area contributed by atoms with E-state index in [1.54, 1.807) is 32.0 Å². The summed E-state index contributed by atoms with van der Waals surface area (Å²) in [7, 11) is -4.38. The van der Waals surface area contributed by atoms with Gasteiger partial charge >= 0.3 is 10.1 Å². The zero-order valence-corrected chi connectivity index (χ0v) is 14.0. The molecule has 2 N–H and O–H groups in total. The second-order valence-corrected chi connectivity index (χ2v) is 8.03. The summed E-state index contributed by atoms with van der Waals surface area (Å²) < 4.78 is 37.4. The zero-order chi connectivity index (χ0) is 16.8. The van der Waals surface area contributed by atoms with E-state index in [-0.39, 0.29) is 0 Å². The molecule has 120 valence electrons. The van der Waals surface area contributed by atoms with Crippen LogP contribution in [0, 0.1) is 11.3 Å². The molecular formula is C15H14N2O4S2. The van der Waals surface area contributed by atoms with Crippen LogP contribution in [0.5, 0.6) is 0 Å². The van der Waals surface area contributed by atoms with Gasteiger partial charge in [0.2, 0.25) is 0 Å². The van der Waals surface area contributed by atoms with Crippen LogP contribution in [0.1, 0.15) is 25.0 Å². The molecule has 2 aromatic rings. The highest BCUT2D eigenvalue weighted by molar-refractivity contribution is 7.86. The number of fused-ring (bicyclic) bond motifs is 1. The van der Waals surface area contributed by atoms with E-state index in [4.69, 9.17) is 10.00 Å². The number of anilines is 1. The van der Waals surface area contributed by atoms with Crippen LogP contribution in [0.25, 0.3) is 10.4 Å². The van der Waals surface area contributed by atoms with E-state index in [9.17, 15) is 13.0 Å². The number of nitrogens with zero attached hydrogens (tertiary/aromatic N) is 1. The van der Waals surface area contributed by atoms with Gasteiger partial charge in [0.1, 0.15) is 6.07 Å². The van der Waals surface area contributed by atoms with Gasteiger partial charge in [-0.15, -0.1) is 11.3 Å². The molecule has 0 aliphatic carbocycles. The molecule has 0 saturated heterocycles. The molecule has 3 rings (SSSR count). The maximum absolute atomic E-state index is 11.4. The molecule has 8 heteroatoms. The smallest absolute Gasteiger partial charge is 0.312 e. The lowest BCUT2D eigenvalue weighted by molar-refractivity contribution is -0.0406. The summed E-state index contributed by atoms with van der Waals surface area (Å²) in [4.78, 5) is 0.850. The summed E-state index contributed by atoms with van der Waals surface area (Å²) in [5, 5.41) is 13.7. The Labute approximate surface area is 138 Å². The van der Waals surface area contributed by atoms with E-state index in [0.717, 1.165) is 16.0 Å². The first-order valence-corrected chi connectivity index (χ1v) is 9.14. The minimum atomic E-state index is -4.38. The van der Waals surface area contributed by atoms with Crippen LogP contribution >= 0.6 is 11.3 Å². The van der Waals surface area contributed by atoms with Crippen molar-refractivity contribution in [3.63, 3.8) is 0 Å². The highest BCUT2D eigenvalue weighted by atomic mass is 32.2. The largest absolute Gasteiger partial charge is 0.345 e. The molecule has 1 aliphatic rings. The lowest BCUT2D eigenvalue weighted by Crippen LogP contribution is -2.43. The van der Waals surface area contributed by atoms with Crippen LogP contribution in [-0.2, 0) is 20.5 Å². The van der Waals surface area contributed by atoms with E-state index in [0.29, 0.717) is 11.3 Å². The second-order valence-electron chi connectivity index (χ2n) is 5.65. The minimum absolute atomic E-state index is 0.572. The first-order valence-electron chi connectivity index (χ1n) is 6.75. The Kier molecular flexibility index (Phi) is 3.69. The molecule has 0 fully saturated rings. The Morgan fingerprint density at radius 2 is 2.13 bits per heavy atom. The van der Waals surface area contributed by atoms with Crippen molar-refractivity contribution in [2.45, 2.75) is 25.0 Å². The zero-order valence-electron chi connectivity index (χ0n) is 12.4. The monoisotopic (exact) mass is 350 g/mol. The van der Waals surface area contributed by atoms with Crippen molar-refractivity contribution in [3.05, 3.63) is 40.8 Å². The van der Waals surface area contributed by atoms with Gasteiger partial charge in [-0.2, -0.15) is 13.7 Å². The van der Waals surface area contributed by atoms with Gasteiger partial charge < -0.3 is 10.1 Å². The van der Waals surface area contributed by atoms with E-state index in [2.05, 4.69) is 11.4 Å². The molecule has 1 aromatic carbocycles. The number of nitrogens with one attached hydrogen (secondary N) is 1. The van der Waals surface area contributed by atoms with E-state index < -0.39 is 21.3 Å². The number of rotatable bonds is 2. The number of hydrogen-bond acceptors (Lipinski definition) is 6. The number of benzene rings is 1. The van der Waals surface area contributed by atoms with Crippen LogP contribution in [0.4, 0.5) is 5.69 Å². The highest BCUT2D eigenvalue weighted by Crippen LogP contribution is 2.41. The first kappa shape index (κ1) is 16.0. The standard InChI is InChI=1S/C15H14N2O4S2/c1-15(2)11-7-9(13-10(8-16)5-6-22-13)3-4-12(11)17-14(21-15)23(18,19)20/h3-7,14,17H,1-2H3,(H,18,19,20). The molecule has 0 saturated carbocycles. The number of thiophene rings is 1. The third-order valence-electron chi connectivity index (χ3n) is 3.66. The molecular weight excluding hydrogens is 336 g/mol. The Bertz CT molecular complexity index is 910. The summed E-state index contributed by atoms with van der Waals surface area (Å²) in [6.45, 7) is 3.46. The quantitative estimate of drug-likeness (QED) is 0.807. The fourth-order valence-electron chi connectivity index (χ4n) is 2.55. The summed E-state index contributed by atoms with van der Waals surface area (Å²) in [6, 6.07) is 9.32. The molecule has 1 atom stereocenters. The average molecular weight is 350 g/mol. The lowest BCUT2D eigenvalue weighted by atomic mass is 9.92. The maximum Gasteiger partial charge on any atom is 0.312 e. The molecule has 0 spiro atoms. The summed E-state index contributed by atoms with van der Waals surface area (Å²) >= 11 is 1.46. The van der Waals surface area contributed by atoms with Crippen LogP contribution in [-0.4, -0.2) is 18.5 Å². The van der Waals surface area contributed by atoms with Crippen molar-refractivity contribution in [2.75, 3.05) is 5.32 Å². The summed E-state index contributed by atoms with van der Waals surface area (Å²) in [5.41, 5.74) is 0.357. The fourth-order valence-corrected chi connectivity index (χ4v) is 4.04. The lowest BCUT2D eigenvalue weighted by Gasteiger charge is -2.37. The van der Waals surface area contributed by atoms with Crippen molar-refractivity contribution in [1.29, 1.82) is 5.26 Å². The van der Waals surface area contributed by atoms with E-state index in [1.165, 1.54) is 11.3 Å². The van der Waals surface area contributed by atoms with Crippen LogP contribution in [0.2, 0.25) is 0 Å². The number of hydrogen-bond donors (Lipinski definition) is 2. The van der Waals surface area contributed by atoms with Gasteiger partial charge in [0.05, 0.1) is 16.0 Å². The minimum Gasteiger partial charge on any atom is -0.345 e. The third kappa shape index (κ3) is 2.84. The molecule has 1 unspecified atom stereocenters. The van der Waals surface area contributed by atoms with Crippen molar-refractivity contribution >= 4 is 27.1 Å². The molecule has 0 radical (unpaired) electrons. The Hall–Kier alpha value is -1.92. The van der Waals surface area contributed by atoms with Gasteiger partial charge in [-0.3, -0.25) is 4.55 Å². The molecule has 23 heavy (non-hydrogen) atoms. The van der Waals surface area contributed by atoms with Crippen LogP contribution in [0.3, 0.4) is 0 Å². The van der Waals surface area contributed by atoms with E-state index >= 15 is 0 Å². The van der Waals surface area contributed by atoms with Gasteiger partial charge in [0.15, 0.2) is 0 Å². The first-order chi connectivity index (χ1) is 10.7. The van der Waals surface area contributed by atoms with Gasteiger partial charge in [0, 0.05) is 11.3 Å². The molecule has 1 aromatic heterocycles. The van der Waals surface area contributed by atoms with Gasteiger partial charge in [-0.25, -0.2) is 0 Å². The molecule has 0 bridgehead atoms.